The molecule has 0 spiro atoms. The number of aryl methyl sites for hydroxylation is 2. The predicted octanol–water partition coefficient (Wildman–Crippen LogP) is 3.11. The van der Waals surface area contributed by atoms with E-state index in [0.29, 0.717) is 25.1 Å². The number of hydrogen-bond acceptors (Lipinski definition) is 4. The van der Waals surface area contributed by atoms with Gasteiger partial charge in [-0.05, 0) is 61.2 Å². The number of rotatable bonds is 7. The molecule has 0 unspecified atom stereocenters. The van der Waals surface area contributed by atoms with Crippen LogP contribution in [0.1, 0.15) is 24.0 Å². The van der Waals surface area contributed by atoms with Gasteiger partial charge in [-0.3, -0.25) is 9.52 Å². The van der Waals surface area contributed by atoms with E-state index in [0.717, 1.165) is 29.0 Å². The number of hydrogen-bond donors (Lipinski definition) is 1. The molecule has 1 N–H and O–H groups in total. The number of carbonyl (C=O) groups is 1. The Hall–Kier alpha value is -2.54. The first-order valence-corrected chi connectivity index (χ1v) is 10.6. The number of sulfonamides is 1. The SMILES string of the molecule is COc1ccc(CCS(=O)(=O)Nc2ccc(N3CCCC3=O)c(C)c2)cc1. The van der Waals surface area contributed by atoms with E-state index in [2.05, 4.69) is 4.72 Å². The van der Waals surface area contributed by atoms with Crippen LogP contribution in [0.3, 0.4) is 0 Å². The molecule has 1 saturated heterocycles. The van der Waals surface area contributed by atoms with Crippen LogP contribution in [0, 0.1) is 6.92 Å². The number of nitrogens with one attached hydrogen (secondary N) is 1. The molecule has 7 heteroatoms. The van der Waals surface area contributed by atoms with Gasteiger partial charge in [0.25, 0.3) is 0 Å². The third-order valence-corrected chi connectivity index (χ3v) is 5.94. The zero-order valence-electron chi connectivity index (χ0n) is 15.6. The molecule has 1 heterocycles. The fourth-order valence-corrected chi connectivity index (χ4v) is 4.29. The highest BCUT2D eigenvalue weighted by molar-refractivity contribution is 7.92. The molecule has 2 aromatic carbocycles. The van der Waals surface area contributed by atoms with Crippen molar-refractivity contribution in [2.75, 3.05) is 29.0 Å². The van der Waals surface area contributed by atoms with Crippen LogP contribution in [-0.4, -0.2) is 33.7 Å². The summed E-state index contributed by atoms with van der Waals surface area (Å²) in [6.45, 7) is 2.60. The van der Waals surface area contributed by atoms with E-state index in [4.69, 9.17) is 4.74 Å². The summed E-state index contributed by atoms with van der Waals surface area (Å²) >= 11 is 0. The lowest BCUT2D eigenvalue weighted by Gasteiger charge is -2.19. The van der Waals surface area contributed by atoms with Gasteiger partial charge in [-0.2, -0.15) is 0 Å². The molecular weight excluding hydrogens is 364 g/mol. The Balaban J connectivity index is 1.64. The van der Waals surface area contributed by atoms with Gasteiger partial charge in [-0.15, -0.1) is 0 Å². The lowest BCUT2D eigenvalue weighted by atomic mass is 10.1. The van der Waals surface area contributed by atoms with Gasteiger partial charge in [0.05, 0.1) is 12.9 Å². The largest absolute Gasteiger partial charge is 0.497 e. The Kier molecular flexibility index (Phi) is 5.70. The lowest BCUT2D eigenvalue weighted by molar-refractivity contribution is -0.117. The molecule has 0 atom stereocenters. The lowest BCUT2D eigenvalue weighted by Crippen LogP contribution is -2.24. The number of methoxy groups -OCH3 is 1. The summed E-state index contributed by atoms with van der Waals surface area (Å²) in [5, 5.41) is 0. The number of carbonyl (C=O) groups excluding carboxylic acids is 1. The molecule has 1 amide bonds. The summed E-state index contributed by atoms with van der Waals surface area (Å²) < 4.78 is 32.5. The minimum absolute atomic E-state index is 0.00919. The number of anilines is 2. The molecule has 3 rings (SSSR count). The minimum Gasteiger partial charge on any atom is -0.497 e. The fraction of sp³-hybridized carbons (Fsp3) is 0.350. The van der Waals surface area contributed by atoms with Crippen LogP contribution in [0.15, 0.2) is 42.5 Å². The zero-order chi connectivity index (χ0) is 19.4. The Bertz CT molecular complexity index is 923. The summed E-state index contributed by atoms with van der Waals surface area (Å²) in [5.74, 6) is 0.850. The molecule has 144 valence electrons. The summed E-state index contributed by atoms with van der Waals surface area (Å²) in [6, 6.07) is 12.6. The molecule has 6 nitrogen and oxygen atoms in total. The molecule has 2 aromatic rings. The van der Waals surface area contributed by atoms with E-state index in [1.165, 1.54) is 0 Å². The third-order valence-electron chi connectivity index (χ3n) is 4.65. The molecular formula is C20H24N2O4S. The maximum Gasteiger partial charge on any atom is 0.233 e. The van der Waals surface area contributed by atoms with E-state index in [1.54, 1.807) is 30.2 Å². The molecule has 0 bridgehead atoms. The Labute approximate surface area is 160 Å². The molecule has 0 saturated carbocycles. The molecule has 1 fully saturated rings. The molecule has 0 radical (unpaired) electrons. The second-order valence-corrected chi connectivity index (χ2v) is 8.51. The highest BCUT2D eigenvalue weighted by Gasteiger charge is 2.23. The summed E-state index contributed by atoms with van der Waals surface area (Å²) in [5.41, 5.74) is 3.16. The van der Waals surface area contributed by atoms with Gasteiger partial charge in [0.1, 0.15) is 5.75 Å². The maximum atomic E-state index is 12.4. The minimum atomic E-state index is -3.47. The van der Waals surface area contributed by atoms with Crippen molar-refractivity contribution in [1.29, 1.82) is 0 Å². The summed E-state index contributed by atoms with van der Waals surface area (Å²) in [7, 11) is -1.88. The molecule has 1 aliphatic rings. The second-order valence-electron chi connectivity index (χ2n) is 6.67. The predicted molar refractivity (Wildman–Crippen MR) is 107 cm³/mol. The molecule has 1 aliphatic heterocycles. The van der Waals surface area contributed by atoms with Crippen molar-refractivity contribution < 1.29 is 17.9 Å². The first-order chi connectivity index (χ1) is 12.9. The van der Waals surface area contributed by atoms with Crippen LogP contribution < -0.4 is 14.4 Å². The molecule has 0 aliphatic carbocycles. The second kappa shape index (κ2) is 8.00. The van der Waals surface area contributed by atoms with E-state index >= 15 is 0 Å². The van der Waals surface area contributed by atoms with Crippen molar-refractivity contribution in [3.8, 4) is 5.75 Å². The maximum absolute atomic E-state index is 12.4. The van der Waals surface area contributed by atoms with E-state index < -0.39 is 10.0 Å². The van der Waals surface area contributed by atoms with Crippen molar-refractivity contribution >= 4 is 27.3 Å². The van der Waals surface area contributed by atoms with Crippen LogP contribution in [-0.2, 0) is 21.2 Å². The Morgan fingerprint density at radius 2 is 1.89 bits per heavy atom. The monoisotopic (exact) mass is 388 g/mol. The van der Waals surface area contributed by atoms with Crippen LogP contribution in [0.2, 0.25) is 0 Å². The number of nitrogens with zero attached hydrogens (tertiary/aromatic N) is 1. The number of amides is 1. The molecule has 0 aromatic heterocycles. The van der Waals surface area contributed by atoms with Gasteiger partial charge in [-0.1, -0.05) is 12.1 Å². The van der Waals surface area contributed by atoms with Crippen molar-refractivity contribution in [3.05, 3.63) is 53.6 Å². The van der Waals surface area contributed by atoms with E-state index in [-0.39, 0.29) is 11.7 Å². The Morgan fingerprint density at radius 3 is 2.48 bits per heavy atom. The topological polar surface area (TPSA) is 75.7 Å². The number of ether oxygens (including phenoxy) is 1. The van der Waals surface area contributed by atoms with E-state index in [9.17, 15) is 13.2 Å². The Morgan fingerprint density at radius 1 is 1.15 bits per heavy atom. The van der Waals surface area contributed by atoms with Crippen molar-refractivity contribution in [3.63, 3.8) is 0 Å². The highest BCUT2D eigenvalue weighted by Crippen LogP contribution is 2.27. The van der Waals surface area contributed by atoms with Gasteiger partial charge in [-0.25, -0.2) is 8.42 Å². The smallest absolute Gasteiger partial charge is 0.233 e. The van der Waals surface area contributed by atoms with Gasteiger partial charge >= 0.3 is 0 Å². The standard InChI is InChI=1S/C20H24N2O4S/c1-15-14-17(7-10-19(15)22-12-3-4-20(22)23)21-27(24,25)13-11-16-5-8-18(26-2)9-6-16/h5-10,14,21H,3-4,11-13H2,1-2H3. The van der Waals surface area contributed by atoms with Crippen molar-refractivity contribution in [2.45, 2.75) is 26.2 Å². The van der Waals surface area contributed by atoms with Crippen LogP contribution in [0.5, 0.6) is 5.75 Å². The normalized spacial score (nSPS) is 14.4. The molecule has 27 heavy (non-hydrogen) atoms. The van der Waals surface area contributed by atoms with Gasteiger partial charge < -0.3 is 9.64 Å². The van der Waals surface area contributed by atoms with Crippen molar-refractivity contribution in [1.82, 2.24) is 0 Å². The van der Waals surface area contributed by atoms with Gasteiger partial charge in [0.15, 0.2) is 0 Å². The number of benzene rings is 2. The van der Waals surface area contributed by atoms with E-state index in [1.807, 2.05) is 31.2 Å². The van der Waals surface area contributed by atoms with Crippen LogP contribution >= 0.6 is 0 Å². The van der Waals surface area contributed by atoms with Crippen LogP contribution in [0.4, 0.5) is 11.4 Å². The summed E-state index contributed by atoms with van der Waals surface area (Å²) in [4.78, 5) is 13.7. The quantitative estimate of drug-likeness (QED) is 0.791. The summed E-state index contributed by atoms with van der Waals surface area (Å²) in [6.07, 6.45) is 1.84. The zero-order valence-corrected chi connectivity index (χ0v) is 16.4. The average molecular weight is 388 g/mol. The first kappa shape index (κ1) is 19.2. The van der Waals surface area contributed by atoms with Crippen LogP contribution in [0.25, 0.3) is 0 Å². The fourth-order valence-electron chi connectivity index (χ4n) is 3.20. The van der Waals surface area contributed by atoms with Crippen molar-refractivity contribution in [2.24, 2.45) is 0 Å². The first-order valence-electron chi connectivity index (χ1n) is 8.92. The van der Waals surface area contributed by atoms with Gasteiger partial charge in [0.2, 0.25) is 15.9 Å². The third kappa shape index (κ3) is 4.80. The average Bonchev–Trinajstić information content (AvgIpc) is 3.06. The van der Waals surface area contributed by atoms with Gasteiger partial charge in [0, 0.05) is 24.3 Å². The highest BCUT2D eigenvalue weighted by atomic mass is 32.2.